The van der Waals surface area contributed by atoms with E-state index in [0.717, 1.165) is 11.6 Å². The zero-order valence-electron chi connectivity index (χ0n) is 13.6. The second-order valence-corrected chi connectivity index (χ2v) is 7.88. The van der Waals surface area contributed by atoms with Crippen LogP contribution in [0.4, 0.5) is 4.39 Å². The molecule has 0 fully saturated rings. The van der Waals surface area contributed by atoms with Crippen LogP contribution in [0.1, 0.15) is 22.9 Å². The predicted octanol–water partition coefficient (Wildman–Crippen LogP) is 4.08. The summed E-state index contributed by atoms with van der Waals surface area (Å²) in [5.74, 6) is -0.903. The van der Waals surface area contributed by atoms with Gasteiger partial charge in [-0.3, -0.25) is 4.98 Å². The molecule has 1 heterocycles. The summed E-state index contributed by atoms with van der Waals surface area (Å²) in [7, 11) is -3.73. The van der Waals surface area contributed by atoms with Gasteiger partial charge in [0.25, 0.3) is 0 Å². The van der Waals surface area contributed by atoms with Gasteiger partial charge in [0.1, 0.15) is 5.82 Å². The van der Waals surface area contributed by atoms with Gasteiger partial charge in [0.2, 0.25) is 10.0 Å². The van der Waals surface area contributed by atoms with Crippen molar-refractivity contribution in [2.24, 2.45) is 0 Å². The van der Waals surface area contributed by atoms with Crippen molar-refractivity contribution in [3.05, 3.63) is 101 Å². The molecule has 3 aromatic rings. The lowest BCUT2D eigenvalue weighted by atomic mass is 10.0. The summed E-state index contributed by atoms with van der Waals surface area (Å²) >= 11 is 5.74. The van der Waals surface area contributed by atoms with Crippen LogP contribution in [0.15, 0.2) is 72.9 Å². The SMILES string of the molecule is O=S(=O)(Cc1ccc(F)c(Cl)c1)N[C@@H](c1ccccc1)c1ccccn1. The third kappa shape index (κ3) is 4.66. The molecule has 2 aromatic carbocycles. The van der Waals surface area contributed by atoms with Crippen LogP contribution >= 0.6 is 11.6 Å². The van der Waals surface area contributed by atoms with Crippen molar-refractivity contribution < 1.29 is 12.8 Å². The maximum absolute atomic E-state index is 13.3. The molecule has 134 valence electrons. The molecular weight excluding hydrogens is 375 g/mol. The fraction of sp³-hybridized carbons (Fsp3) is 0.105. The number of rotatable bonds is 6. The minimum atomic E-state index is -3.73. The van der Waals surface area contributed by atoms with E-state index in [1.54, 1.807) is 24.4 Å². The Kier molecular flexibility index (Phi) is 5.66. The van der Waals surface area contributed by atoms with E-state index in [-0.39, 0.29) is 10.8 Å². The minimum Gasteiger partial charge on any atom is -0.259 e. The molecule has 3 rings (SSSR count). The average molecular weight is 391 g/mol. The van der Waals surface area contributed by atoms with Gasteiger partial charge in [0, 0.05) is 6.20 Å². The maximum Gasteiger partial charge on any atom is 0.216 e. The van der Waals surface area contributed by atoms with E-state index in [2.05, 4.69) is 9.71 Å². The summed E-state index contributed by atoms with van der Waals surface area (Å²) < 4.78 is 41.3. The molecule has 1 atom stereocenters. The molecule has 1 N–H and O–H groups in total. The normalized spacial score (nSPS) is 12.7. The maximum atomic E-state index is 13.3. The van der Waals surface area contributed by atoms with E-state index in [4.69, 9.17) is 11.6 Å². The van der Waals surface area contributed by atoms with Crippen LogP contribution < -0.4 is 4.72 Å². The lowest BCUT2D eigenvalue weighted by Crippen LogP contribution is -2.31. The Morgan fingerprint density at radius 2 is 1.77 bits per heavy atom. The van der Waals surface area contributed by atoms with E-state index in [1.165, 1.54) is 12.1 Å². The van der Waals surface area contributed by atoms with Crippen LogP contribution in [0.5, 0.6) is 0 Å². The van der Waals surface area contributed by atoms with Crippen LogP contribution in [0, 0.1) is 5.82 Å². The zero-order valence-corrected chi connectivity index (χ0v) is 15.2. The standard InChI is InChI=1S/C19H16ClFN2O2S/c20-16-12-14(9-10-17(16)21)13-26(24,25)23-19(15-6-2-1-3-7-15)18-8-4-5-11-22-18/h1-12,19,23H,13H2/t19-/m0/s1. The number of nitrogens with zero attached hydrogens (tertiary/aromatic N) is 1. The summed E-state index contributed by atoms with van der Waals surface area (Å²) in [5, 5.41) is -0.109. The van der Waals surface area contributed by atoms with Crippen molar-refractivity contribution in [1.82, 2.24) is 9.71 Å². The van der Waals surface area contributed by atoms with E-state index in [1.807, 2.05) is 30.3 Å². The number of sulfonamides is 1. The first-order chi connectivity index (χ1) is 12.4. The molecule has 0 aliphatic rings. The van der Waals surface area contributed by atoms with Crippen molar-refractivity contribution in [3.8, 4) is 0 Å². The van der Waals surface area contributed by atoms with Crippen molar-refractivity contribution in [3.63, 3.8) is 0 Å². The Hall–Kier alpha value is -2.28. The third-order valence-corrected chi connectivity index (χ3v) is 5.35. The Labute approximate surface area is 156 Å². The number of nitrogens with one attached hydrogen (secondary N) is 1. The first kappa shape index (κ1) is 18.5. The van der Waals surface area contributed by atoms with Crippen LogP contribution in [-0.2, 0) is 15.8 Å². The number of benzene rings is 2. The van der Waals surface area contributed by atoms with Gasteiger partial charge >= 0.3 is 0 Å². The molecule has 26 heavy (non-hydrogen) atoms. The molecule has 0 spiro atoms. The smallest absolute Gasteiger partial charge is 0.216 e. The number of halogens is 2. The molecule has 7 heteroatoms. The van der Waals surface area contributed by atoms with Gasteiger partial charge in [-0.1, -0.05) is 54.1 Å². The van der Waals surface area contributed by atoms with Gasteiger partial charge in [0.05, 0.1) is 22.5 Å². The Morgan fingerprint density at radius 3 is 2.42 bits per heavy atom. The second kappa shape index (κ2) is 7.95. The van der Waals surface area contributed by atoms with Crippen LogP contribution in [0.25, 0.3) is 0 Å². The van der Waals surface area contributed by atoms with Crippen LogP contribution in [0.2, 0.25) is 5.02 Å². The predicted molar refractivity (Wildman–Crippen MR) is 99.7 cm³/mol. The molecule has 0 amide bonds. The van der Waals surface area contributed by atoms with Gasteiger partial charge in [0.15, 0.2) is 0 Å². The highest BCUT2D eigenvalue weighted by atomic mass is 35.5. The fourth-order valence-electron chi connectivity index (χ4n) is 2.56. The Balaban J connectivity index is 1.89. The van der Waals surface area contributed by atoms with Gasteiger partial charge in [-0.05, 0) is 35.4 Å². The first-order valence-corrected chi connectivity index (χ1v) is 9.87. The topological polar surface area (TPSA) is 59.1 Å². The van der Waals surface area contributed by atoms with E-state index >= 15 is 0 Å². The van der Waals surface area contributed by atoms with E-state index in [9.17, 15) is 12.8 Å². The number of pyridine rings is 1. The Bertz CT molecular complexity index is 943. The molecule has 1 aromatic heterocycles. The number of aromatic nitrogens is 1. The quantitative estimate of drug-likeness (QED) is 0.689. The molecule has 0 saturated heterocycles. The molecule has 0 aliphatic heterocycles. The molecule has 0 saturated carbocycles. The largest absolute Gasteiger partial charge is 0.259 e. The third-order valence-electron chi connectivity index (χ3n) is 3.75. The number of hydrogen-bond acceptors (Lipinski definition) is 3. The summed E-state index contributed by atoms with van der Waals surface area (Å²) in [6, 6.07) is 17.7. The highest BCUT2D eigenvalue weighted by Gasteiger charge is 2.22. The van der Waals surface area contributed by atoms with Crippen LogP contribution in [0.3, 0.4) is 0 Å². The molecular formula is C19H16ClFN2O2S. The monoisotopic (exact) mass is 390 g/mol. The molecule has 0 aliphatic carbocycles. The van der Waals surface area contributed by atoms with Crippen molar-refractivity contribution in [2.75, 3.05) is 0 Å². The minimum absolute atomic E-state index is 0.109. The van der Waals surface area contributed by atoms with Gasteiger partial charge in [-0.2, -0.15) is 0 Å². The van der Waals surface area contributed by atoms with Gasteiger partial charge in [-0.15, -0.1) is 0 Å². The van der Waals surface area contributed by atoms with E-state index < -0.39 is 21.9 Å². The van der Waals surface area contributed by atoms with E-state index in [0.29, 0.717) is 11.3 Å². The molecule has 4 nitrogen and oxygen atoms in total. The highest BCUT2D eigenvalue weighted by molar-refractivity contribution is 7.88. The number of hydrogen-bond donors (Lipinski definition) is 1. The highest BCUT2D eigenvalue weighted by Crippen LogP contribution is 2.23. The second-order valence-electron chi connectivity index (χ2n) is 5.72. The van der Waals surface area contributed by atoms with Crippen molar-refractivity contribution in [1.29, 1.82) is 0 Å². The summed E-state index contributed by atoms with van der Waals surface area (Å²) in [4.78, 5) is 4.27. The Morgan fingerprint density at radius 1 is 1.04 bits per heavy atom. The van der Waals surface area contributed by atoms with Crippen molar-refractivity contribution in [2.45, 2.75) is 11.8 Å². The lowest BCUT2D eigenvalue weighted by molar-refractivity contribution is 0.569. The molecule has 0 radical (unpaired) electrons. The van der Waals surface area contributed by atoms with Crippen LogP contribution in [-0.4, -0.2) is 13.4 Å². The van der Waals surface area contributed by atoms with Gasteiger partial charge in [-0.25, -0.2) is 17.5 Å². The van der Waals surface area contributed by atoms with Gasteiger partial charge < -0.3 is 0 Å². The average Bonchev–Trinajstić information content (AvgIpc) is 2.64. The van der Waals surface area contributed by atoms with Crippen molar-refractivity contribution >= 4 is 21.6 Å². The summed E-state index contributed by atoms with van der Waals surface area (Å²) in [5.41, 5.74) is 1.75. The lowest BCUT2D eigenvalue weighted by Gasteiger charge is -2.19. The fourth-order valence-corrected chi connectivity index (χ4v) is 4.08. The first-order valence-electron chi connectivity index (χ1n) is 7.84. The molecule has 0 unspecified atom stereocenters. The molecule has 0 bridgehead atoms. The summed E-state index contributed by atoms with van der Waals surface area (Å²) in [6.07, 6.45) is 1.61. The summed E-state index contributed by atoms with van der Waals surface area (Å²) in [6.45, 7) is 0. The zero-order chi connectivity index (χ0) is 18.6.